The molecule has 0 N–H and O–H groups in total. The molecule has 1 aliphatic heterocycles. The van der Waals surface area contributed by atoms with E-state index in [2.05, 4.69) is 23.5 Å². The van der Waals surface area contributed by atoms with Gasteiger partial charge in [0.2, 0.25) is 0 Å². The summed E-state index contributed by atoms with van der Waals surface area (Å²) in [6.07, 6.45) is 9.08. The number of fused-ring (bicyclic) bond motifs is 1. The summed E-state index contributed by atoms with van der Waals surface area (Å²) in [7, 11) is 0. The maximum atomic E-state index is 4.37. The number of hydrogen-bond acceptors (Lipinski definition) is 0. The summed E-state index contributed by atoms with van der Waals surface area (Å²) in [4.78, 5) is 0. The molecule has 1 unspecified atom stereocenters. The SMILES string of the molecule is C1=CC2CC[N]C2=CC1. The molecule has 0 spiro atoms. The van der Waals surface area contributed by atoms with Crippen LogP contribution in [0.1, 0.15) is 12.8 Å². The van der Waals surface area contributed by atoms with Gasteiger partial charge in [-0.3, -0.25) is 5.32 Å². The zero-order valence-electron chi connectivity index (χ0n) is 5.38. The molecule has 1 nitrogen and oxygen atoms in total. The van der Waals surface area contributed by atoms with Gasteiger partial charge in [-0.1, -0.05) is 18.2 Å². The summed E-state index contributed by atoms with van der Waals surface area (Å²) in [6.45, 7) is 1.04. The highest BCUT2D eigenvalue weighted by Crippen LogP contribution is 2.25. The second-order valence-electron chi connectivity index (χ2n) is 2.57. The largest absolute Gasteiger partial charge is 0.289 e. The number of nitrogens with zero attached hydrogens (tertiary/aromatic N) is 1. The molecule has 0 aromatic carbocycles. The molecule has 1 fully saturated rings. The number of rotatable bonds is 0. The average molecular weight is 120 g/mol. The summed E-state index contributed by atoms with van der Waals surface area (Å²) in [5.41, 5.74) is 1.33. The van der Waals surface area contributed by atoms with Crippen molar-refractivity contribution < 1.29 is 0 Å². The van der Waals surface area contributed by atoms with Gasteiger partial charge in [-0.05, 0) is 12.8 Å². The van der Waals surface area contributed by atoms with Crippen LogP contribution in [0, 0.1) is 5.92 Å². The van der Waals surface area contributed by atoms with Crippen molar-refractivity contribution in [2.45, 2.75) is 12.8 Å². The van der Waals surface area contributed by atoms with Gasteiger partial charge in [0, 0.05) is 18.2 Å². The zero-order valence-corrected chi connectivity index (χ0v) is 5.38. The lowest BCUT2D eigenvalue weighted by Gasteiger charge is -2.07. The molecular formula is C8H10N. The smallest absolute Gasteiger partial charge is 0.0402 e. The summed E-state index contributed by atoms with van der Waals surface area (Å²) < 4.78 is 0. The Morgan fingerprint density at radius 2 is 2.56 bits per heavy atom. The van der Waals surface area contributed by atoms with Crippen molar-refractivity contribution in [1.29, 1.82) is 0 Å². The van der Waals surface area contributed by atoms with Gasteiger partial charge in [-0.25, -0.2) is 0 Å². The first-order valence-electron chi connectivity index (χ1n) is 3.51. The lowest BCUT2D eigenvalue weighted by molar-refractivity contribution is 0.782. The van der Waals surface area contributed by atoms with Crippen molar-refractivity contribution in [1.82, 2.24) is 5.32 Å². The minimum atomic E-state index is 0.679. The van der Waals surface area contributed by atoms with Gasteiger partial charge in [0.05, 0.1) is 0 Å². The van der Waals surface area contributed by atoms with Crippen LogP contribution in [0.4, 0.5) is 0 Å². The molecule has 1 atom stereocenters. The molecule has 0 saturated carbocycles. The molecule has 0 bridgehead atoms. The predicted octanol–water partition coefficient (Wildman–Crippen LogP) is 1.45. The van der Waals surface area contributed by atoms with Crippen LogP contribution in [0.3, 0.4) is 0 Å². The monoisotopic (exact) mass is 120 g/mol. The van der Waals surface area contributed by atoms with Gasteiger partial charge in [0.25, 0.3) is 0 Å². The Morgan fingerprint density at radius 3 is 3.44 bits per heavy atom. The van der Waals surface area contributed by atoms with E-state index in [-0.39, 0.29) is 0 Å². The molecule has 9 heavy (non-hydrogen) atoms. The van der Waals surface area contributed by atoms with Crippen LogP contribution < -0.4 is 5.32 Å². The summed E-state index contributed by atoms with van der Waals surface area (Å²) in [5, 5.41) is 4.37. The molecule has 1 heterocycles. The minimum absolute atomic E-state index is 0.679. The fourth-order valence-electron chi connectivity index (χ4n) is 1.44. The molecule has 1 aliphatic carbocycles. The van der Waals surface area contributed by atoms with Crippen molar-refractivity contribution in [2.24, 2.45) is 5.92 Å². The van der Waals surface area contributed by atoms with E-state index in [9.17, 15) is 0 Å². The third-order valence-electron chi connectivity index (χ3n) is 1.95. The van der Waals surface area contributed by atoms with E-state index in [0.717, 1.165) is 13.0 Å². The van der Waals surface area contributed by atoms with E-state index in [1.807, 2.05) is 0 Å². The fraction of sp³-hybridized carbons (Fsp3) is 0.500. The molecule has 2 aliphatic rings. The van der Waals surface area contributed by atoms with E-state index < -0.39 is 0 Å². The van der Waals surface area contributed by atoms with Crippen LogP contribution in [0.5, 0.6) is 0 Å². The Labute approximate surface area is 55.5 Å². The van der Waals surface area contributed by atoms with Crippen LogP contribution in [0.25, 0.3) is 0 Å². The first-order valence-corrected chi connectivity index (χ1v) is 3.51. The van der Waals surface area contributed by atoms with E-state index >= 15 is 0 Å². The van der Waals surface area contributed by atoms with Crippen molar-refractivity contribution in [2.75, 3.05) is 6.54 Å². The van der Waals surface area contributed by atoms with Crippen molar-refractivity contribution in [3.63, 3.8) is 0 Å². The molecule has 1 radical (unpaired) electrons. The number of allylic oxidation sites excluding steroid dienone is 3. The van der Waals surface area contributed by atoms with Gasteiger partial charge in [-0.15, -0.1) is 0 Å². The number of hydrogen-bond donors (Lipinski definition) is 0. The van der Waals surface area contributed by atoms with Crippen LogP contribution in [-0.2, 0) is 0 Å². The third-order valence-corrected chi connectivity index (χ3v) is 1.95. The van der Waals surface area contributed by atoms with Gasteiger partial charge in [0.1, 0.15) is 0 Å². The van der Waals surface area contributed by atoms with Gasteiger partial charge >= 0.3 is 0 Å². The van der Waals surface area contributed by atoms with Crippen molar-refractivity contribution in [3.05, 3.63) is 23.9 Å². The minimum Gasteiger partial charge on any atom is -0.289 e. The van der Waals surface area contributed by atoms with Gasteiger partial charge in [0.15, 0.2) is 0 Å². The topological polar surface area (TPSA) is 14.1 Å². The Bertz CT molecular complexity index is 167. The van der Waals surface area contributed by atoms with Crippen LogP contribution in [0.15, 0.2) is 23.9 Å². The van der Waals surface area contributed by atoms with Crippen LogP contribution >= 0.6 is 0 Å². The second kappa shape index (κ2) is 1.90. The maximum absolute atomic E-state index is 4.37. The third kappa shape index (κ3) is 0.766. The second-order valence-corrected chi connectivity index (χ2v) is 2.57. The lowest BCUT2D eigenvalue weighted by atomic mass is 10.00. The molecule has 1 saturated heterocycles. The molecule has 2 rings (SSSR count). The molecule has 0 amide bonds. The molecular weight excluding hydrogens is 110 g/mol. The van der Waals surface area contributed by atoms with Crippen LogP contribution in [0.2, 0.25) is 0 Å². The Hall–Kier alpha value is -0.720. The first-order chi connectivity index (χ1) is 4.47. The Balaban J connectivity index is 2.22. The summed E-state index contributed by atoms with van der Waals surface area (Å²) in [6, 6.07) is 0. The zero-order chi connectivity index (χ0) is 6.10. The quantitative estimate of drug-likeness (QED) is 0.430. The van der Waals surface area contributed by atoms with Gasteiger partial charge in [-0.2, -0.15) is 0 Å². The van der Waals surface area contributed by atoms with Gasteiger partial charge < -0.3 is 0 Å². The first kappa shape index (κ1) is 5.10. The molecule has 0 aromatic heterocycles. The molecule has 1 heteroatoms. The average Bonchev–Trinajstić information content (AvgIpc) is 2.33. The lowest BCUT2D eigenvalue weighted by Crippen LogP contribution is -2.00. The normalized spacial score (nSPS) is 31.1. The van der Waals surface area contributed by atoms with E-state index in [4.69, 9.17) is 0 Å². The highest BCUT2D eigenvalue weighted by molar-refractivity contribution is 5.21. The van der Waals surface area contributed by atoms with Crippen molar-refractivity contribution >= 4 is 0 Å². The van der Waals surface area contributed by atoms with E-state index in [1.165, 1.54) is 12.1 Å². The highest BCUT2D eigenvalue weighted by atomic mass is 14.9. The summed E-state index contributed by atoms with van der Waals surface area (Å²) >= 11 is 0. The standard InChI is InChI=1S/C8H10N/c1-2-4-8-7(3-1)5-6-9-8/h1,3-4,7H,2,5-6H2. The Morgan fingerprint density at radius 1 is 1.56 bits per heavy atom. The summed E-state index contributed by atoms with van der Waals surface area (Å²) in [5.74, 6) is 0.679. The molecule has 0 aromatic rings. The van der Waals surface area contributed by atoms with E-state index in [0.29, 0.717) is 5.92 Å². The fourth-order valence-corrected chi connectivity index (χ4v) is 1.44. The Kier molecular flexibility index (Phi) is 1.08. The predicted molar refractivity (Wildman–Crippen MR) is 36.9 cm³/mol. The van der Waals surface area contributed by atoms with Crippen LogP contribution in [-0.4, -0.2) is 6.54 Å². The molecule has 47 valence electrons. The maximum Gasteiger partial charge on any atom is 0.0402 e. The van der Waals surface area contributed by atoms with Crippen molar-refractivity contribution in [3.8, 4) is 0 Å². The highest BCUT2D eigenvalue weighted by Gasteiger charge is 2.19. The van der Waals surface area contributed by atoms with E-state index in [1.54, 1.807) is 0 Å².